The molecular formula is C20H28ClF3Si. The maximum Gasteiger partial charge on any atom is 0.416 e. The standard InChI is InChI=1S/C20H28ClF3Si/c1-16(9-6-4-3-5-7-12-21)13-17(2)15-25-19-11-8-10-18(14-19)20(22,23)24/h8,10-11,14H,1-7,9,12-13,15,25H2. The zero-order chi connectivity index (χ0) is 18.7. The summed E-state index contributed by atoms with van der Waals surface area (Å²) in [6.45, 7) is 8.20. The van der Waals surface area contributed by atoms with Crippen molar-refractivity contribution in [3.8, 4) is 0 Å². The lowest BCUT2D eigenvalue weighted by molar-refractivity contribution is -0.137. The lowest BCUT2D eigenvalue weighted by Gasteiger charge is -2.10. The molecule has 5 heteroatoms. The minimum absolute atomic E-state index is 0.554. The number of alkyl halides is 4. The first-order chi connectivity index (χ1) is 11.8. The molecule has 0 heterocycles. The molecule has 0 saturated carbocycles. The van der Waals surface area contributed by atoms with E-state index in [1.54, 1.807) is 6.07 Å². The molecule has 0 atom stereocenters. The fourth-order valence-corrected chi connectivity index (χ4v) is 4.43. The fraction of sp³-hybridized carbons (Fsp3) is 0.500. The monoisotopic (exact) mass is 388 g/mol. The summed E-state index contributed by atoms with van der Waals surface area (Å²) < 4.78 is 38.2. The predicted molar refractivity (Wildman–Crippen MR) is 106 cm³/mol. The highest BCUT2D eigenvalue weighted by Crippen LogP contribution is 2.28. The van der Waals surface area contributed by atoms with E-state index in [-0.39, 0.29) is 0 Å². The summed E-state index contributed by atoms with van der Waals surface area (Å²) in [7, 11) is -0.768. The quantitative estimate of drug-likeness (QED) is 0.178. The Balaban J connectivity index is 2.27. The molecule has 1 aromatic carbocycles. The maximum atomic E-state index is 12.7. The van der Waals surface area contributed by atoms with E-state index in [1.165, 1.54) is 37.0 Å². The molecule has 0 nitrogen and oxygen atoms in total. The van der Waals surface area contributed by atoms with Gasteiger partial charge in [-0.3, -0.25) is 0 Å². The number of halogens is 4. The van der Waals surface area contributed by atoms with Crippen molar-refractivity contribution in [3.05, 3.63) is 54.1 Å². The number of hydrogen-bond acceptors (Lipinski definition) is 0. The summed E-state index contributed by atoms with van der Waals surface area (Å²) in [6.07, 6.45) is 3.35. The number of rotatable bonds is 12. The first-order valence-corrected chi connectivity index (χ1v) is 11.1. The average molecular weight is 389 g/mol. The van der Waals surface area contributed by atoms with Crippen molar-refractivity contribution < 1.29 is 13.2 Å². The van der Waals surface area contributed by atoms with Crippen molar-refractivity contribution in [2.24, 2.45) is 0 Å². The Labute approximate surface area is 157 Å². The lowest BCUT2D eigenvalue weighted by atomic mass is 10.0. The molecule has 0 amide bonds. The zero-order valence-corrected chi connectivity index (χ0v) is 17.0. The molecule has 0 bridgehead atoms. The van der Waals surface area contributed by atoms with Crippen LogP contribution in [0.25, 0.3) is 0 Å². The summed E-state index contributed by atoms with van der Waals surface area (Å²) in [5, 5.41) is 0.834. The molecule has 0 aromatic heterocycles. The molecule has 0 aliphatic rings. The Morgan fingerprint density at radius 3 is 2.36 bits per heavy atom. The largest absolute Gasteiger partial charge is 0.416 e. The van der Waals surface area contributed by atoms with E-state index in [4.69, 9.17) is 11.6 Å². The SMILES string of the molecule is C=C(CCCCCCCCl)CC(=C)C[SiH2]c1cccc(C(F)(F)F)c1. The molecule has 0 saturated heterocycles. The maximum absolute atomic E-state index is 12.7. The summed E-state index contributed by atoms with van der Waals surface area (Å²) >= 11 is 5.65. The number of hydrogen-bond donors (Lipinski definition) is 0. The van der Waals surface area contributed by atoms with E-state index in [1.807, 2.05) is 0 Å². The van der Waals surface area contributed by atoms with Gasteiger partial charge in [0, 0.05) is 5.88 Å². The van der Waals surface area contributed by atoms with Crippen LogP contribution in [0.2, 0.25) is 6.04 Å². The second kappa shape index (κ2) is 11.6. The van der Waals surface area contributed by atoms with Crippen LogP contribution < -0.4 is 5.19 Å². The normalized spacial score (nSPS) is 12.0. The van der Waals surface area contributed by atoms with E-state index in [0.717, 1.165) is 54.4 Å². The van der Waals surface area contributed by atoms with Gasteiger partial charge in [0.2, 0.25) is 0 Å². The van der Waals surface area contributed by atoms with Crippen molar-refractivity contribution >= 4 is 26.3 Å². The first-order valence-electron chi connectivity index (χ1n) is 8.88. The van der Waals surface area contributed by atoms with Crippen LogP contribution in [0.3, 0.4) is 0 Å². The van der Waals surface area contributed by atoms with Crippen LogP contribution in [0.15, 0.2) is 48.6 Å². The van der Waals surface area contributed by atoms with Gasteiger partial charge in [-0.25, -0.2) is 0 Å². The number of allylic oxidation sites excluding steroid dienone is 2. The number of unbranched alkanes of at least 4 members (excludes halogenated alkanes) is 4. The Kier molecular flexibility index (Phi) is 10.2. The van der Waals surface area contributed by atoms with Crippen LogP contribution in [0, 0.1) is 0 Å². The highest BCUT2D eigenvalue weighted by molar-refractivity contribution is 6.54. The van der Waals surface area contributed by atoms with Gasteiger partial charge in [0.15, 0.2) is 0 Å². The smallest absolute Gasteiger partial charge is 0.166 e. The molecule has 25 heavy (non-hydrogen) atoms. The van der Waals surface area contributed by atoms with Crippen LogP contribution >= 0.6 is 11.6 Å². The summed E-state index contributed by atoms with van der Waals surface area (Å²) in [5.74, 6) is 0.738. The minimum atomic E-state index is -4.26. The molecular weight excluding hydrogens is 361 g/mol. The number of benzene rings is 1. The fourth-order valence-electron chi connectivity index (χ4n) is 2.75. The molecule has 1 rings (SSSR count). The molecule has 0 spiro atoms. The van der Waals surface area contributed by atoms with Gasteiger partial charge in [-0.05, 0) is 31.7 Å². The van der Waals surface area contributed by atoms with Crippen LogP contribution in [0.1, 0.15) is 50.5 Å². The third kappa shape index (κ3) is 9.90. The summed E-state index contributed by atoms with van der Waals surface area (Å²) in [4.78, 5) is 0. The Bertz CT molecular complexity index is 552. The van der Waals surface area contributed by atoms with Crippen molar-refractivity contribution in [1.29, 1.82) is 0 Å². The van der Waals surface area contributed by atoms with Crippen LogP contribution in [0.4, 0.5) is 13.2 Å². The van der Waals surface area contributed by atoms with Crippen LogP contribution in [0.5, 0.6) is 0 Å². The Hall–Kier alpha value is -1.00. The van der Waals surface area contributed by atoms with Crippen molar-refractivity contribution in [2.45, 2.75) is 57.2 Å². The molecule has 0 fully saturated rings. The van der Waals surface area contributed by atoms with E-state index >= 15 is 0 Å². The Morgan fingerprint density at radius 2 is 1.68 bits per heavy atom. The summed E-state index contributed by atoms with van der Waals surface area (Å²) in [6, 6.07) is 6.54. The van der Waals surface area contributed by atoms with Gasteiger partial charge >= 0.3 is 6.18 Å². The van der Waals surface area contributed by atoms with E-state index in [0.29, 0.717) is 0 Å². The molecule has 0 aliphatic carbocycles. The highest BCUT2D eigenvalue weighted by Gasteiger charge is 2.30. The Morgan fingerprint density at radius 1 is 1.00 bits per heavy atom. The molecule has 140 valence electrons. The van der Waals surface area contributed by atoms with E-state index < -0.39 is 21.3 Å². The van der Waals surface area contributed by atoms with Gasteiger partial charge in [0.1, 0.15) is 0 Å². The topological polar surface area (TPSA) is 0 Å². The van der Waals surface area contributed by atoms with Crippen molar-refractivity contribution in [1.82, 2.24) is 0 Å². The highest BCUT2D eigenvalue weighted by atomic mass is 35.5. The molecule has 0 aliphatic heterocycles. The van der Waals surface area contributed by atoms with Gasteiger partial charge in [-0.2, -0.15) is 13.2 Å². The van der Waals surface area contributed by atoms with Gasteiger partial charge in [0.05, 0.1) is 15.1 Å². The van der Waals surface area contributed by atoms with E-state index in [2.05, 4.69) is 13.2 Å². The van der Waals surface area contributed by atoms with Gasteiger partial charge in [-0.15, -0.1) is 11.6 Å². The van der Waals surface area contributed by atoms with Crippen molar-refractivity contribution in [2.75, 3.05) is 5.88 Å². The van der Waals surface area contributed by atoms with Gasteiger partial charge in [0.25, 0.3) is 0 Å². The molecule has 0 unspecified atom stereocenters. The van der Waals surface area contributed by atoms with E-state index in [9.17, 15) is 13.2 Å². The first kappa shape index (κ1) is 22.0. The van der Waals surface area contributed by atoms with Gasteiger partial charge < -0.3 is 0 Å². The molecule has 0 radical (unpaired) electrons. The molecule has 1 aromatic rings. The zero-order valence-electron chi connectivity index (χ0n) is 14.8. The lowest BCUT2D eigenvalue weighted by Crippen LogP contribution is -2.17. The summed E-state index contributed by atoms with van der Waals surface area (Å²) in [5.41, 5.74) is 1.72. The molecule has 0 N–H and O–H groups in total. The predicted octanol–water partition coefficient (Wildman–Crippen LogP) is 6.00. The average Bonchev–Trinajstić information content (AvgIpc) is 2.55. The van der Waals surface area contributed by atoms with Gasteiger partial charge in [-0.1, -0.05) is 73.0 Å². The minimum Gasteiger partial charge on any atom is -0.166 e. The van der Waals surface area contributed by atoms with Crippen molar-refractivity contribution in [3.63, 3.8) is 0 Å². The third-order valence-electron chi connectivity index (χ3n) is 4.19. The third-order valence-corrected chi connectivity index (χ3v) is 6.43. The van der Waals surface area contributed by atoms with Crippen LogP contribution in [-0.2, 0) is 6.18 Å². The van der Waals surface area contributed by atoms with Crippen LogP contribution in [-0.4, -0.2) is 15.4 Å². The second-order valence-corrected chi connectivity index (χ2v) is 8.78. The second-order valence-electron chi connectivity index (χ2n) is 6.58.